The number of aryl methyl sites for hydroxylation is 1. The molecule has 3 aromatic rings. The first kappa shape index (κ1) is 19.4. The van der Waals surface area contributed by atoms with E-state index in [1.807, 2.05) is 43.3 Å². The maximum Gasteiger partial charge on any atom is 0.269 e. The largest absolute Gasteiger partial charge is 0.384 e. The van der Waals surface area contributed by atoms with Gasteiger partial charge in [-0.15, -0.1) is 0 Å². The summed E-state index contributed by atoms with van der Waals surface area (Å²) in [7, 11) is 0. The second-order valence-electron chi connectivity index (χ2n) is 6.53. The highest BCUT2D eigenvalue weighted by Crippen LogP contribution is 2.15. The average molecular weight is 377 g/mol. The first-order valence-electron chi connectivity index (χ1n) is 9.13. The van der Waals surface area contributed by atoms with Crippen LogP contribution >= 0.6 is 0 Å². The van der Waals surface area contributed by atoms with Crippen molar-refractivity contribution < 1.29 is 4.92 Å². The van der Waals surface area contributed by atoms with Gasteiger partial charge in [0, 0.05) is 55.9 Å². The van der Waals surface area contributed by atoms with Crippen LogP contribution in [0, 0.1) is 17.0 Å². The summed E-state index contributed by atoms with van der Waals surface area (Å²) in [4.78, 5) is 21.7. The predicted octanol–water partition coefficient (Wildman–Crippen LogP) is 3.81. The first-order chi connectivity index (χ1) is 13.6. The zero-order valence-corrected chi connectivity index (χ0v) is 15.8. The molecule has 28 heavy (non-hydrogen) atoms. The summed E-state index contributed by atoms with van der Waals surface area (Å²) < 4.78 is 0. The number of non-ortho nitro benzene ring substituents is 1. The molecule has 1 N–H and O–H groups in total. The highest BCUT2D eigenvalue weighted by atomic mass is 16.6. The Hall–Kier alpha value is -3.32. The van der Waals surface area contributed by atoms with Gasteiger partial charge in [0.2, 0.25) is 0 Å². The Morgan fingerprint density at radius 1 is 1.00 bits per heavy atom. The third-order valence-corrected chi connectivity index (χ3v) is 4.28. The maximum absolute atomic E-state index is 10.8. The van der Waals surface area contributed by atoms with Gasteiger partial charge in [0.1, 0.15) is 0 Å². The van der Waals surface area contributed by atoms with Crippen LogP contribution in [-0.2, 0) is 13.1 Å². The van der Waals surface area contributed by atoms with Gasteiger partial charge in [-0.2, -0.15) is 0 Å². The molecule has 0 fully saturated rings. The Morgan fingerprint density at radius 2 is 1.75 bits per heavy atom. The van der Waals surface area contributed by atoms with Crippen molar-refractivity contribution in [2.24, 2.45) is 0 Å². The fourth-order valence-electron chi connectivity index (χ4n) is 2.91. The topological polar surface area (TPSA) is 84.2 Å². The van der Waals surface area contributed by atoms with Gasteiger partial charge in [0.15, 0.2) is 0 Å². The van der Waals surface area contributed by atoms with E-state index < -0.39 is 4.92 Å². The summed E-state index contributed by atoms with van der Waals surface area (Å²) in [5, 5.41) is 14.1. The second kappa shape index (κ2) is 9.57. The third kappa shape index (κ3) is 5.85. The van der Waals surface area contributed by atoms with Gasteiger partial charge in [-0.1, -0.05) is 12.1 Å². The minimum absolute atomic E-state index is 0.0906. The van der Waals surface area contributed by atoms with E-state index in [1.165, 1.54) is 12.1 Å². The fourth-order valence-corrected chi connectivity index (χ4v) is 2.91. The standard InChI is InChI=1S/C21H23N5O2/c1-17-5-4-7-20(24-17)16-25(15-19-6-2-3-12-22-19)14-13-23-18-8-10-21(11-9-18)26(27)28/h2-12,23H,13-16H2,1H3. The summed E-state index contributed by atoms with van der Waals surface area (Å²) in [6.07, 6.45) is 1.80. The summed E-state index contributed by atoms with van der Waals surface area (Å²) in [6, 6.07) is 18.4. The number of nitrogens with zero attached hydrogens (tertiary/aromatic N) is 4. The molecule has 0 atom stereocenters. The van der Waals surface area contributed by atoms with Crippen molar-refractivity contribution in [3.05, 3.63) is 94.1 Å². The van der Waals surface area contributed by atoms with Crippen LogP contribution in [0.2, 0.25) is 0 Å². The van der Waals surface area contributed by atoms with Crippen LogP contribution in [0.5, 0.6) is 0 Å². The van der Waals surface area contributed by atoms with Gasteiger partial charge in [-0.25, -0.2) is 0 Å². The van der Waals surface area contributed by atoms with E-state index in [-0.39, 0.29) is 5.69 Å². The zero-order valence-electron chi connectivity index (χ0n) is 15.8. The lowest BCUT2D eigenvalue weighted by Crippen LogP contribution is -2.29. The number of nitro benzene ring substituents is 1. The fraction of sp³-hybridized carbons (Fsp3) is 0.238. The Balaban J connectivity index is 1.62. The SMILES string of the molecule is Cc1cccc(CN(CCNc2ccc([N+](=O)[O-])cc2)Cc2ccccn2)n1. The Kier molecular flexibility index (Phi) is 6.64. The molecule has 0 amide bonds. The highest BCUT2D eigenvalue weighted by molar-refractivity contribution is 5.48. The third-order valence-electron chi connectivity index (χ3n) is 4.28. The number of nitrogens with one attached hydrogen (secondary N) is 1. The molecule has 0 aliphatic heterocycles. The van der Waals surface area contributed by atoms with Gasteiger partial charge in [-0.3, -0.25) is 25.0 Å². The molecule has 2 aromatic heterocycles. The molecule has 144 valence electrons. The normalized spacial score (nSPS) is 10.8. The summed E-state index contributed by atoms with van der Waals surface area (Å²) >= 11 is 0. The van der Waals surface area contributed by atoms with E-state index >= 15 is 0 Å². The first-order valence-corrected chi connectivity index (χ1v) is 9.13. The number of pyridine rings is 2. The van der Waals surface area contributed by atoms with Crippen LogP contribution in [0.15, 0.2) is 66.9 Å². The highest BCUT2D eigenvalue weighted by Gasteiger charge is 2.10. The number of hydrogen-bond donors (Lipinski definition) is 1. The minimum atomic E-state index is -0.396. The number of hydrogen-bond acceptors (Lipinski definition) is 6. The molecule has 7 nitrogen and oxygen atoms in total. The van der Waals surface area contributed by atoms with E-state index in [0.717, 1.165) is 42.4 Å². The van der Waals surface area contributed by atoms with Gasteiger partial charge in [0.25, 0.3) is 5.69 Å². The molecule has 0 unspecified atom stereocenters. The van der Waals surface area contributed by atoms with Crippen molar-refractivity contribution in [1.82, 2.24) is 14.9 Å². The molecule has 0 bridgehead atoms. The van der Waals surface area contributed by atoms with Crippen molar-refractivity contribution in [3.8, 4) is 0 Å². The zero-order chi connectivity index (χ0) is 19.8. The lowest BCUT2D eigenvalue weighted by Gasteiger charge is -2.22. The maximum atomic E-state index is 10.8. The van der Waals surface area contributed by atoms with Crippen LogP contribution in [0.4, 0.5) is 11.4 Å². The van der Waals surface area contributed by atoms with Crippen LogP contribution in [0.1, 0.15) is 17.1 Å². The predicted molar refractivity (Wildman–Crippen MR) is 109 cm³/mol. The van der Waals surface area contributed by atoms with E-state index in [4.69, 9.17) is 0 Å². The molecular formula is C21H23N5O2. The Labute approximate surface area is 164 Å². The lowest BCUT2D eigenvalue weighted by molar-refractivity contribution is -0.384. The molecular weight excluding hydrogens is 354 g/mol. The van der Waals surface area contributed by atoms with Crippen LogP contribution in [0.3, 0.4) is 0 Å². The molecule has 0 saturated carbocycles. The Bertz CT molecular complexity index is 900. The summed E-state index contributed by atoms with van der Waals surface area (Å²) in [5.74, 6) is 0. The minimum Gasteiger partial charge on any atom is -0.384 e. The molecule has 3 rings (SSSR count). The van der Waals surface area contributed by atoms with Crippen molar-refractivity contribution in [1.29, 1.82) is 0 Å². The summed E-state index contributed by atoms with van der Waals surface area (Å²) in [5.41, 5.74) is 3.97. The molecule has 0 saturated heterocycles. The van der Waals surface area contributed by atoms with Crippen molar-refractivity contribution in [2.45, 2.75) is 20.0 Å². The number of aromatic nitrogens is 2. The van der Waals surface area contributed by atoms with Crippen LogP contribution in [-0.4, -0.2) is 32.9 Å². The number of anilines is 1. The molecule has 0 aliphatic rings. The quantitative estimate of drug-likeness (QED) is 0.451. The van der Waals surface area contributed by atoms with E-state index in [9.17, 15) is 10.1 Å². The second-order valence-corrected chi connectivity index (χ2v) is 6.53. The smallest absolute Gasteiger partial charge is 0.269 e. The number of nitro groups is 1. The number of rotatable bonds is 9. The Morgan fingerprint density at radius 3 is 2.43 bits per heavy atom. The molecule has 7 heteroatoms. The van der Waals surface area contributed by atoms with E-state index in [2.05, 4.69) is 20.2 Å². The van der Waals surface area contributed by atoms with Gasteiger partial charge >= 0.3 is 0 Å². The van der Waals surface area contributed by atoms with Crippen LogP contribution < -0.4 is 5.32 Å². The van der Waals surface area contributed by atoms with E-state index in [1.54, 1.807) is 18.3 Å². The van der Waals surface area contributed by atoms with Crippen molar-refractivity contribution in [3.63, 3.8) is 0 Å². The van der Waals surface area contributed by atoms with Crippen LogP contribution in [0.25, 0.3) is 0 Å². The van der Waals surface area contributed by atoms with Crippen molar-refractivity contribution in [2.75, 3.05) is 18.4 Å². The van der Waals surface area contributed by atoms with Crippen molar-refractivity contribution >= 4 is 11.4 Å². The van der Waals surface area contributed by atoms with Gasteiger partial charge in [-0.05, 0) is 43.3 Å². The van der Waals surface area contributed by atoms with E-state index in [0.29, 0.717) is 6.54 Å². The summed E-state index contributed by atoms with van der Waals surface area (Å²) in [6.45, 7) is 4.92. The molecule has 0 radical (unpaired) electrons. The monoisotopic (exact) mass is 377 g/mol. The average Bonchev–Trinajstić information content (AvgIpc) is 2.69. The molecule has 1 aromatic carbocycles. The molecule has 0 aliphatic carbocycles. The lowest BCUT2D eigenvalue weighted by atomic mass is 10.2. The van der Waals surface area contributed by atoms with Gasteiger partial charge < -0.3 is 5.32 Å². The number of benzene rings is 1. The van der Waals surface area contributed by atoms with Gasteiger partial charge in [0.05, 0.1) is 16.3 Å². The molecule has 0 spiro atoms. The molecule has 2 heterocycles.